The monoisotopic (exact) mass is 402 g/mol. The minimum absolute atomic E-state index is 0.0614. The van der Waals surface area contributed by atoms with E-state index in [0.717, 1.165) is 62.9 Å². The Hall–Kier alpha value is -2.69. The van der Waals surface area contributed by atoms with Gasteiger partial charge in [0.1, 0.15) is 0 Å². The van der Waals surface area contributed by atoms with Crippen molar-refractivity contribution in [3.05, 3.63) is 52.6 Å². The second kappa shape index (κ2) is 6.40. The van der Waals surface area contributed by atoms with Crippen LogP contribution in [0.2, 0.25) is 0 Å². The fourth-order valence-electron chi connectivity index (χ4n) is 5.98. The van der Waals surface area contributed by atoms with Gasteiger partial charge in [-0.2, -0.15) is 0 Å². The standard InChI is InChI=1S/C25H30N4O/c1-16-26-23-21(28(16)2)13-20(24(30)29-11-5-6-12-29)19-9-10-25(27-22(19)23)14-17-7-3-4-8-18(17)15-25/h3-4,7-8,13,16,26-27H,5-6,9-12,14-15H2,1-2H3. The summed E-state index contributed by atoms with van der Waals surface area (Å²) in [7, 11) is 2.12. The van der Waals surface area contributed by atoms with Crippen LogP contribution in [0.15, 0.2) is 30.3 Å². The summed E-state index contributed by atoms with van der Waals surface area (Å²) in [4.78, 5) is 17.8. The van der Waals surface area contributed by atoms with Gasteiger partial charge in [-0.25, -0.2) is 0 Å². The van der Waals surface area contributed by atoms with Crippen LogP contribution in [0.3, 0.4) is 0 Å². The number of amides is 1. The Morgan fingerprint density at radius 2 is 1.80 bits per heavy atom. The fraction of sp³-hybridized carbons (Fsp3) is 0.480. The van der Waals surface area contributed by atoms with Crippen molar-refractivity contribution >= 4 is 23.0 Å². The molecule has 1 unspecified atom stereocenters. The van der Waals surface area contributed by atoms with Gasteiger partial charge >= 0.3 is 0 Å². The summed E-state index contributed by atoms with van der Waals surface area (Å²) in [6, 6.07) is 11.0. The van der Waals surface area contributed by atoms with E-state index in [1.807, 2.05) is 4.90 Å². The molecule has 5 heteroatoms. The number of anilines is 3. The molecule has 156 valence electrons. The molecule has 0 saturated carbocycles. The smallest absolute Gasteiger partial charge is 0.254 e. The van der Waals surface area contributed by atoms with E-state index in [-0.39, 0.29) is 17.6 Å². The Morgan fingerprint density at radius 3 is 2.50 bits per heavy atom. The SMILES string of the molecule is CC1Nc2c(cc(C(=O)N3CCCC3)c3c2NC2(CC3)Cc3ccccc3C2)N1C. The molecule has 3 aliphatic heterocycles. The number of fused-ring (bicyclic) bond motifs is 4. The molecule has 2 aromatic carbocycles. The van der Waals surface area contributed by atoms with Crippen molar-refractivity contribution < 1.29 is 4.79 Å². The van der Waals surface area contributed by atoms with Gasteiger partial charge in [-0.3, -0.25) is 4.79 Å². The van der Waals surface area contributed by atoms with Crippen molar-refractivity contribution in [2.75, 3.05) is 35.7 Å². The maximum atomic E-state index is 13.5. The summed E-state index contributed by atoms with van der Waals surface area (Å²) >= 11 is 0. The number of carbonyl (C=O) groups excluding carboxylic acids is 1. The highest BCUT2D eigenvalue weighted by Crippen LogP contribution is 2.50. The van der Waals surface area contributed by atoms with E-state index in [2.05, 4.69) is 59.8 Å². The van der Waals surface area contributed by atoms with Crippen LogP contribution in [0, 0.1) is 0 Å². The molecule has 1 atom stereocenters. The van der Waals surface area contributed by atoms with Crippen LogP contribution in [-0.2, 0) is 19.3 Å². The van der Waals surface area contributed by atoms with Crippen molar-refractivity contribution in [1.29, 1.82) is 0 Å². The van der Waals surface area contributed by atoms with Crippen LogP contribution >= 0.6 is 0 Å². The highest BCUT2D eigenvalue weighted by Gasteiger charge is 2.43. The maximum Gasteiger partial charge on any atom is 0.254 e. The normalized spacial score (nSPS) is 23.1. The number of hydrogen-bond acceptors (Lipinski definition) is 4. The summed E-state index contributed by atoms with van der Waals surface area (Å²) < 4.78 is 0. The first-order valence-electron chi connectivity index (χ1n) is 11.4. The van der Waals surface area contributed by atoms with E-state index >= 15 is 0 Å². The van der Waals surface area contributed by atoms with Gasteiger partial charge in [0.2, 0.25) is 0 Å². The van der Waals surface area contributed by atoms with Gasteiger partial charge in [-0.1, -0.05) is 24.3 Å². The molecule has 0 aromatic heterocycles. The number of benzene rings is 2. The van der Waals surface area contributed by atoms with Crippen LogP contribution in [0.4, 0.5) is 17.1 Å². The Bertz CT molecular complexity index is 1010. The number of rotatable bonds is 1. The Morgan fingerprint density at radius 1 is 1.10 bits per heavy atom. The number of carbonyl (C=O) groups is 1. The summed E-state index contributed by atoms with van der Waals surface area (Å²) in [5.74, 6) is 0.215. The molecule has 3 heterocycles. The van der Waals surface area contributed by atoms with E-state index in [1.54, 1.807) is 0 Å². The molecule has 30 heavy (non-hydrogen) atoms. The minimum Gasteiger partial charge on any atom is -0.377 e. The first-order valence-corrected chi connectivity index (χ1v) is 11.4. The van der Waals surface area contributed by atoms with Gasteiger partial charge in [0.25, 0.3) is 5.91 Å². The van der Waals surface area contributed by atoms with Gasteiger partial charge in [0.05, 0.1) is 23.2 Å². The van der Waals surface area contributed by atoms with Crippen molar-refractivity contribution in [2.24, 2.45) is 0 Å². The number of likely N-dealkylation sites (tertiary alicyclic amines) is 1. The summed E-state index contributed by atoms with van der Waals surface area (Å²) in [6.07, 6.45) is 6.62. The number of hydrogen-bond donors (Lipinski definition) is 2. The molecule has 1 amide bonds. The van der Waals surface area contributed by atoms with E-state index < -0.39 is 0 Å². The fourth-order valence-corrected chi connectivity index (χ4v) is 5.98. The Labute approximate surface area is 178 Å². The second-order valence-electron chi connectivity index (χ2n) is 9.63. The molecule has 5 nitrogen and oxygen atoms in total. The molecule has 1 fully saturated rings. The molecule has 0 radical (unpaired) electrons. The molecular weight excluding hydrogens is 372 g/mol. The van der Waals surface area contributed by atoms with Crippen molar-refractivity contribution in [3.63, 3.8) is 0 Å². The van der Waals surface area contributed by atoms with Crippen molar-refractivity contribution in [2.45, 2.75) is 57.2 Å². The first-order chi connectivity index (χ1) is 14.5. The van der Waals surface area contributed by atoms with Crippen LogP contribution in [0.5, 0.6) is 0 Å². The maximum absolute atomic E-state index is 13.5. The first kappa shape index (κ1) is 18.1. The van der Waals surface area contributed by atoms with Gasteiger partial charge < -0.3 is 20.4 Å². The molecule has 0 bridgehead atoms. The van der Waals surface area contributed by atoms with E-state index in [9.17, 15) is 4.79 Å². The van der Waals surface area contributed by atoms with Crippen LogP contribution in [0.25, 0.3) is 0 Å². The molecule has 1 aliphatic carbocycles. The lowest BCUT2D eigenvalue weighted by Crippen LogP contribution is -2.43. The highest BCUT2D eigenvalue weighted by molar-refractivity contribution is 6.03. The molecule has 4 aliphatic rings. The van der Waals surface area contributed by atoms with Gasteiger partial charge in [-0.05, 0) is 68.2 Å². The topological polar surface area (TPSA) is 47.6 Å². The zero-order valence-corrected chi connectivity index (χ0v) is 17.9. The van der Waals surface area contributed by atoms with Crippen molar-refractivity contribution in [3.8, 4) is 0 Å². The lowest BCUT2D eigenvalue weighted by Gasteiger charge is -2.39. The van der Waals surface area contributed by atoms with E-state index in [0.29, 0.717) is 0 Å². The number of nitrogens with one attached hydrogen (secondary N) is 2. The predicted octanol–water partition coefficient (Wildman–Crippen LogP) is 4.03. The van der Waals surface area contributed by atoms with Gasteiger partial charge in [0.15, 0.2) is 0 Å². The lowest BCUT2D eigenvalue weighted by atomic mass is 9.81. The van der Waals surface area contributed by atoms with Crippen molar-refractivity contribution in [1.82, 2.24) is 4.90 Å². The second-order valence-corrected chi connectivity index (χ2v) is 9.63. The Balaban J connectivity index is 1.44. The summed E-state index contributed by atoms with van der Waals surface area (Å²) in [6.45, 7) is 3.96. The molecule has 2 aromatic rings. The third-order valence-corrected chi connectivity index (χ3v) is 7.77. The largest absolute Gasteiger partial charge is 0.377 e. The van der Waals surface area contributed by atoms with Crippen LogP contribution in [0.1, 0.15) is 53.2 Å². The molecule has 6 rings (SSSR count). The highest BCUT2D eigenvalue weighted by atomic mass is 16.2. The lowest BCUT2D eigenvalue weighted by molar-refractivity contribution is 0.0791. The van der Waals surface area contributed by atoms with Gasteiger partial charge in [-0.15, -0.1) is 0 Å². The average Bonchev–Trinajstić information content (AvgIpc) is 3.46. The molecular formula is C25H30N4O. The van der Waals surface area contributed by atoms with Crippen LogP contribution < -0.4 is 15.5 Å². The number of nitrogens with zero attached hydrogens (tertiary/aromatic N) is 2. The zero-order valence-electron chi connectivity index (χ0n) is 17.9. The quantitative estimate of drug-likeness (QED) is 0.756. The van der Waals surface area contributed by atoms with Gasteiger partial charge in [0, 0.05) is 31.2 Å². The molecule has 1 spiro atoms. The van der Waals surface area contributed by atoms with E-state index in [1.165, 1.54) is 28.1 Å². The average molecular weight is 403 g/mol. The summed E-state index contributed by atoms with van der Waals surface area (Å²) in [5, 5.41) is 7.66. The molecule has 2 N–H and O–H groups in total. The third-order valence-electron chi connectivity index (χ3n) is 7.77. The minimum atomic E-state index is 0.0614. The molecule has 1 saturated heterocycles. The zero-order chi connectivity index (χ0) is 20.5. The third kappa shape index (κ3) is 2.57. The Kier molecular flexibility index (Phi) is 3.86. The van der Waals surface area contributed by atoms with Crippen LogP contribution in [-0.4, -0.2) is 42.6 Å². The summed E-state index contributed by atoms with van der Waals surface area (Å²) in [5.41, 5.74) is 8.60. The van der Waals surface area contributed by atoms with E-state index in [4.69, 9.17) is 0 Å². The predicted molar refractivity (Wildman–Crippen MR) is 122 cm³/mol.